The van der Waals surface area contributed by atoms with Crippen LogP contribution in [0.5, 0.6) is 46.0 Å². The van der Waals surface area contributed by atoms with Gasteiger partial charge in [-0.2, -0.15) is 17.2 Å². The predicted octanol–water partition coefficient (Wildman–Crippen LogP) is 22.9. The van der Waals surface area contributed by atoms with Gasteiger partial charge in [-0.25, -0.2) is 51.2 Å². The van der Waals surface area contributed by atoms with Crippen LogP contribution < -0.4 is 37.9 Å². The second-order valence-electron chi connectivity index (χ2n) is 32.1. The van der Waals surface area contributed by atoms with E-state index in [2.05, 4.69) is 63.7 Å². The molecule has 0 unspecified atom stereocenters. The van der Waals surface area contributed by atoms with E-state index in [1.165, 1.54) is 118 Å². The molecule has 0 amide bonds. The average Bonchev–Trinajstić information content (AvgIpc) is 0.796. The summed E-state index contributed by atoms with van der Waals surface area (Å²) in [7, 11) is 2.89. The molecule has 24 nitrogen and oxygen atoms in total. The van der Waals surface area contributed by atoms with Gasteiger partial charge in [0.1, 0.15) is 115 Å². The molecule has 0 radical (unpaired) electrons. The van der Waals surface area contributed by atoms with Crippen LogP contribution in [0, 0.1) is 23.3 Å². The number of hydrogen-bond acceptors (Lipinski definition) is 20. The fourth-order valence-electron chi connectivity index (χ4n) is 15.2. The Morgan fingerprint density at radius 1 is 0.214 bits per heavy atom. The van der Waals surface area contributed by atoms with Crippen molar-refractivity contribution in [1.82, 2.24) is 17.2 Å². The maximum atomic E-state index is 13.9. The summed E-state index contributed by atoms with van der Waals surface area (Å²) < 4.78 is 238. The smallest absolute Gasteiger partial charge is 0.220 e. The Bertz CT molecular complexity index is 5460. The first-order valence-corrected chi connectivity index (χ1v) is 52.9. The largest absolute Gasteiger partial charge is 0.497 e. The summed E-state index contributed by atoms with van der Waals surface area (Å²) in [5, 5.41) is -3.81. The number of methoxy groups -OCH3 is 12. The van der Waals surface area contributed by atoms with Gasteiger partial charge in [-0.1, -0.05) is 185 Å². The minimum Gasteiger partial charge on any atom is -0.497 e. The van der Waals surface area contributed by atoms with Crippen LogP contribution in [0.4, 0.5) is 17.6 Å². The fourth-order valence-corrected chi connectivity index (χ4v) is 24.3. The molecule has 0 saturated heterocycles. The number of benzene rings is 12. The molecular formula is C104H116Br4F4N4O20S4. The molecule has 0 aliphatic carbocycles. The summed E-state index contributed by atoms with van der Waals surface area (Å²) in [4.78, 5) is 0. The van der Waals surface area contributed by atoms with E-state index in [4.69, 9.17) is 56.8 Å². The summed E-state index contributed by atoms with van der Waals surface area (Å²) in [6.45, 7) is 7.67. The van der Waals surface area contributed by atoms with E-state index in [0.717, 1.165) is 44.5 Å². The molecule has 12 aromatic carbocycles. The van der Waals surface area contributed by atoms with E-state index in [9.17, 15) is 51.2 Å². The third kappa shape index (κ3) is 31.1. The van der Waals surface area contributed by atoms with Crippen molar-refractivity contribution < 1.29 is 108 Å². The molecule has 12 rings (SSSR count). The Kier molecular flexibility index (Phi) is 43.9. The van der Waals surface area contributed by atoms with Crippen LogP contribution in [0.1, 0.15) is 119 Å². The van der Waals surface area contributed by atoms with E-state index < -0.39 is 109 Å². The lowest BCUT2D eigenvalue weighted by molar-refractivity contribution is 0.0996. The summed E-state index contributed by atoms with van der Waals surface area (Å²) in [6.07, 6.45) is -3.26. The van der Waals surface area contributed by atoms with E-state index in [0.29, 0.717) is 86.1 Å². The molecule has 0 N–H and O–H groups in total. The Hall–Kier alpha value is -9.84. The predicted molar refractivity (Wildman–Crippen MR) is 550 cm³/mol. The third-order valence-corrected chi connectivity index (χ3v) is 34.7. The second kappa shape index (κ2) is 54.0. The lowest BCUT2D eigenvalue weighted by atomic mass is 10.1. The Balaban J connectivity index is 0.000000209. The minimum absolute atomic E-state index is 0.156. The highest BCUT2D eigenvalue weighted by molar-refractivity contribution is 9.11. The van der Waals surface area contributed by atoms with Gasteiger partial charge in [0.2, 0.25) is 40.1 Å². The van der Waals surface area contributed by atoms with Crippen molar-refractivity contribution in [3.05, 3.63) is 375 Å². The molecule has 0 bridgehead atoms. The highest BCUT2D eigenvalue weighted by Gasteiger charge is 2.42. The molecule has 0 heterocycles. The van der Waals surface area contributed by atoms with Crippen LogP contribution in [0.3, 0.4) is 0 Å². The molecule has 140 heavy (non-hydrogen) atoms. The summed E-state index contributed by atoms with van der Waals surface area (Å²) in [5.74, 6) is 3.80. The molecule has 0 saturated carbocycles. The van der Waals surface area contributed by atoms with Gasteiger partial charge in [-0.05, 0) is 240 Å². The first-order chi connectivity index (χ1) is 66.7. The average molecular weight is 2270 g/mol. The number of nitrogens with zero attached hydrogens (tertiary/aromatic N) is 4. The Morgan fingerprint density at radius 3 is 0.436 bits per heavy atom. The molecule has 0 fully saturated rings. The zero-order chi connectivity index (χ0) is 102. The first-order valence-electron chi connectivity index (χ1n) is 43.7. The Morgan fingerprint density at radius 2 is 0.336 bits per heavy atom. The maximum Gasteiger partial charge on any atom is 0.220 e. The van der Waals surface area contributed by atoms with E-state index >= 15 is 0 Å². The fraction of sp³-hybridized carbons (Fsp3) is 0.308. The molecule has 0 aromatic heterocycles. The molecule has 12 aromatic rings. The molecule has 752 valence electrons. The molecule has 0 aliphatic heterocycles. The van der Waals surface area contributed by atoms with Crippen molar-refractivity contribution in [2.75, 3.05) is 85.3 Å². The Labute approximate surface area is 853 Å². The number of hydrogen-bond donors (Lipinski definition) is 0. The summed E-state index contributed by atoms with van der Waals surface area (Å²) >= 11 is 13.4. The van der Waals surface area contributed by atoms with E-state index in [-0.39, 0.29) is 52.4 Å². The molecule has 36 heteroatoms. The van der Waals surface area contributed by atoms with Gasteiger partial charge in [0.15, 0.2) is 0 Å². The van der Waals surface area contributed by atoms with Gasteiger partial charge < -0.3 is 56.8 Å². The normalized spacial score (nSPS) is 13.5. The quantitative estimate of drug-likeness (QED) is 0.0321. The summed E-state index contributed by atoms with van der Waals surface area (Å²) in [6, 6.07) is 74.6. The monoisotopic (exact) mass is 2260 g/mol. The van der Waals surface area contributed by atoms with Crippen molar-refractivity contribution in [1.29, 1.82) is 0 Å². The maximum absolute atomic E-state index is 13.9. The summed E-state index contributed by atoms with van der Waals surface area (Å²) in [5.41, 5.74) is 8.71. The molecular weight excluding hydrogens is 2150 g/mol. The van der Waals surface area contributed by atoms with Crippen LogP contribution >= 0.6 is 63.7 Å². The van der Waals surface area contributed by atoms with Crippen molar-refractivity contribution >= 4 is 104 Å². The van der Waals surface area contributed by atoms with Crippen LogP contribution in [-0.4, -0.2) is 157 Å². The van der Waals surface area contributed by atoms with Crippen LogP contribution in [0.2, 0.25) is 0 Å². The van der Waals surface area contributed by atoms with Gasteiger partial charge in [-0.3, -0.25) is 0 Å². The minimum atomic E-state index is -3.88. The highest BCUT2D eigenvalue weighted by atomic mass is 79.9. The molecule has 0 aliphatic rings. The number of rotatable bonds is 44. The molecule has 8 atom stereocenters. The van der Waals surface area contributed by atoms with Crippen molar-refractivity contribution in [3.63, 3.8) is 0 Å². The SMILES string of the molecule is COc1ccc(CN(Cc2ccc(OC)cc2)S(=O)(=O)[C@@H](C)[C@@H](OC)c2ccc(F)cc2Br)cc1.COc1ccc(CN(Cc2ccc(OC)cc2)S(=O)(=O)[C@@H](C)[C@H](OC)c2ccc(F)cc2Br)cc1.COc1ccc(CN(Cc2ccc(OC)cc2)S(=O)(=O)[C@H](C)[C@@H](OC)c2ccc(F)cc2Br)cc1.COc1ccc(CN(Cc2ccc(OC)cc2)S(=O)(=O)[C@H](C)[C@H](OC)c2ccc(F)cc2Br)cc1. The standard InChI is InChI=1S/4C26H29BrFNO5S/c4*1-18(26(34-4)24-14-9-21(28)15-25(24)27)35(30,31)29(16-19-5-10-22(32-2)11-6-19)17-20-7-12-23(33-3)13-8-20/h4*5-15,18,26H,16-17H2,1-4H3/t2*18-,26+;2*18-,26-/m1010/s1. The van der Waals surface area contributed by atoms with E-state index in [1.54, 1.807) is 182 Å². The zero-order valence-corrected chi connectivity index (χ0v) is 89.9. The van der Waals surface area contributed by atoms with Gasteiger partial charge in [0.25, 0.3) is 0 Å². The lowest BCUT2D eigenvalue weighted by Gasteiger charge is -2.30. The zero-order valence-electron chi connectivity index (χ0n) is 80.3. The van der Waals surface area contributed by atoms with Crippen molar-refractivity contribution in [2.24, 2.45) is 0 Å². The number of ether oxygens (including phenoxy) is 12. The van der Waals surface area contributed by atoms with Crippen LogP contribution in [0.25, 0.3) is 0 Å². The molecule has 0 spiro atoms. The van der Waals surface area contributed by atoms with Gasteiger partial charge in [-0.15, -0.1) is 0 Å². The lowest BCUT2D eigenvalue weighted by Crippen LogP contribution is -2.40. The first kappa shape index (κ1) is 114. The highest BCUT2D eigenvalue weighted by Crippen LogP contribution is 2.41. The van der Waals surface area contributed by atoms with E-state index in [1.807, 2.05) is 97.1 Å². The topological polar surface area (TPSA) is 260 Å². The van der Waals surface area contributed by atoms with Crippen molar-refractivity contribution in [2.45, 2.75) is 125 Å². The van der Waals surface area contributed by atoms with Crippen LogP contribution in [-0.2, 0) is 111 Å². The number of halogens is 8. The van der Waals surface area contributed by atoms with Crippen molar-refractivity contribution in [3.8, 4) is 46.0 Å². The second-order valence-corrected chi connectivity index (χ2v) is 44.7. The van der Waals surface area contributed by atoms with Gasteiger partial charge in [0, 0.05) is 98.7 Å². The van der Waals surface area contributed by atoms with Gasteiger partial charge in [0.05, 0.1) is 56.9 Å². The van der Waals surface area contributed by atoms with Crippen LogP contribution in [0.15, 0.2) is 285 Å². The third-order valence-electron chi connectivity index (χ3n) is 23.3. The van der Waals surface area contributed by atoms with Gasteiger partial charge >= 0.3 is 0 Å². The number of sulfonamides is 4.